The van der Waals surface area contributed by atoms with Gasteiger partial charge >= 0.3 is 0 Å². The number of hydrogen-bond acceptors (Lipinski definition) is 3. The zero-order valence-electron chi connectivity index (χ0n) is 17.6. The summed E-state index contributed by atoms with van der Waals surface area (Å²) in [5.74, 6) is 0. The van der Waals surface area contributed by atoms with Gasteiger partial charge in [0.1, 0.15) is 0 Å². The van der Waals surface area contributed by atoms with Crippen molar-refractivity contribution in [3.8, 4) is 0 Å². The molecule has 1 aromatic rings. The fraction of sp³-hybridized carbons (Fsp3) is 0.905. The quantitative estimate of drug-likeness (QED) is 0.456. The first-order valence-corrected chi connectivity index (χ1v) is 10.1. The van der Waals surface area contributed by atoms with Gasteiger partial charge in [0, 0.05) is 26.0 Å². The van der Waals surface area contributed by atoms with E-state index in [1.807, 2.05) is 4.68 Å². The molecular formula is C21H41N3O. The van der Waals surface area contributed by atoms with Crippen molar-refractivity contribution >= 4 is 0 Å². The summed E-state index contributed by atoms with van der Waals surface area (Å²) in [4.78, 5) is 0. The molecule has 0 saturated carbocycles. The number of aryl methyl sites for hydroxylation is 2. The van der Waals surface area contributed by atoms with E-state index in [2.05, 4.69) is 58.1 Å². The first kappa shape index (κ1) is 22.1. The van der Waals surface area contributed by atoms with Crippen molar-refractivity contribution < 1.29 is 4.74 Å². The van der Waals surface area contributed by atoms with Crippen molar-refractivity contribution in [2.24, 2.45) is 10.8 Å². The minimum absolute atomic E-state index is 0.365. The van der Waals surface area contributed by atoms with Gasteiger partial charge in [0.15, 0.2) is 0 Å². The topological polar surface area (TPSA) is 39.9 Å². The molecule has 25 heavy (non-hydrogen) atoms. The third-order valence-corrected chi connectivity index (χ3v) is 4.37. The molecule has 0 amide bonds. The molecule has 0 fully saturated rings. The van der Waals surface area contributed by atoms with Gasteiger partial charge in [-0.1, -0.05) is 59.6 Å². The van der Waals surface area contributed by atoms with Crippen molar-refractivity contribution in [1.29, 1.82) is 0 Å². The van der Waals surface area contributed by atoms with Crippen molar-refractivity contribution in [2.75, 3.05) is 13.2 Å². The predicted molar refractivity (Wildman–Crippen MR) is 106 cm³/mol. The van der Waals surface area contributed by atoms with Crippen LogP contribution < -0.4 is 0 Å². The highest BCUT2D eigenvalue weighted by atomic mass is 16.5. The summed E-state index contributed by atoms with van der Waals surface area (Å²) in [6.07, 6.45) is 11.6. The summed E-state index contributed by atoms with van der Waals surface area (Å²) >= 11 is 0. The Morgan fingerprint density at radius 1 is 0.840 bits per heavy atom. The standard InChI is InChI=1S/C21H41N3O/c1-20(2,3)13-9-7-8-12-19-18-24(23-22-19)15-10-11-16-25-17-14-21(4,5)6/h18H,7-17H2,1-6H3. The molecule has 0 aromatic carbocycles. The number of unbranched alkanes of at least 4 members (excludes halogenated alkanes) is 3. The Kier molecular flexibility index (Phi) is 9.70. The predicted octanol–water partition coefficient (Wildman–Crippen LogP) is 5.66. The molecule has 1 heterocycles. The fourth-order valence-electron chi connectivity index (χ4n) is 2.66. The molecule has 0 radical (unpaired) electrons. The lowest BCUT2D eigenvalue weighted by molar-refractivity contribution is 0.104. The number of rotatable bonds is 12. The van der Waals surface area contributed by atoms with Crippen LogP contribution in [0.15, 0.2) is 6.20 Å². The largest absolute Gasteiger partial charge is 0.381 e. The summed E-state index contributed by atoms with van der Waals surface area (Å²) in [6, 6.07) is 0. The molecule has 0 aliphatic heterocycles. The smallest absolute Gasteiger partial charge is 0.0827 e. The van der Waals surface area contributed by atoms with Gasteiger partial charge in [-0.3, -0.25) is 4.68 Å². The summed E-state index contributed by atoms with van der Waals surface area (Å²) in [5.41, 5.74) is 1.96. The molecule has 0 bridgehead atoms. The van der Waals surface area contributed by atoms with Crippen LogP contribution in [0, 0.1) is 10.8 Å². The Hall–Kier alpha value is -0.900. The van der Waals surface area contributed by atoms with E-state index in [0.717, 1.165) is 51.1 Å². The van der Waals surface area contributed by atoms with E-state index in [0.29, 0.717) is 10.8 Å². The van der Waals surface area contributed by atoms with E-state index in [-0.39, 0.29) is 0 Å². The summed E-state index contributed by atoms with van der Waals surface area (Å²) in [7, 11) is 0. The maximum atomic E-state index is 5.71. The molecule has 0 atom stereocenters. The highest BCUT2D eigenvalue weighted by Gasteiger charge is 2.10. The van der Waals surface area contributed by atoms with E-state index in [1.54, 1.807) is 0 Å². The van der Waals surface area contributed by atoms with Gasteiger partial charge in [0.05, 0.1) is 5.69 Å². The second kappa shape index (κ2) is 10.9. The number of nitrogens with zero attached hydrogens (tertiary/aromatic N) is 3. The lowest BCUT2D eigenvalue weighted by Crippen LogP contribution is -2.10. The van der Waals surface area contributed by atoms with Crippen LogP contribution in [0.1, 0.15) is 92.2 Å². The lowest BCUT2D eigenvalue weighted by Gasteiger charge is -2.17. The maximum Gasteiger partial charge on any atom is 0.0827 e. The van der Waals surface area contributed by atoms with E-state index >= 15 is 0 Å². The molecule has 4 nitrogen and oxygen atoms in total. The SMILES string of the molecule is CC(C)(C)CCCCCc1cn(CCCCOCCC(C)(C)C)nn1. The summed E-state index contributed by atoms with van der Waals surface area (Å²) < 4.78 is 7.69. The van der Waals surface area contributed by atoms with Crippen molar-refractivity contribution in [3.63, 3.8) is 0 Å². The fourth-order valence-corrected chi connectivity index (χ4v) is 2.66. The Morgan fingerprint density at radius 3 is 2.24 bits per heavy atom. The summed E-state index contributed by atoms with van der Waals surface area (Å²) in [6.45, 7) is 16.4. The van der Waals surface area contributed by atoms with Crippen molar-refractivity contribution in [3.05, 3.63) is 11.9 Å². The van der Waals surface area contributed by atoms with Gasteiger partial charge < -0.3 is 4.74 Å². The van der Waals surface area contributed by atoms with Crippen molar-refractivity contribution in [1.82, 2.24) is 15.0 Å². The maximum absolute atomic E-state index is 5.71. The van der Waals surface area contributed by atoms with Gasteiger partial charge in [-0.2, -0.15) is 0 Å². The normalized spacial score (nSPS) is 12.7. The first-order chi connectivity index (χ1) is 11.7. The van der Waals surface area contributed by atoms with Crippen LogP contribution in [0.5, 0.6) is 0 Å². The van der Waals surface area contributed by atoms with Crippen LogP contribution in [0.3, 0.4) is 0 Å². The minimum atomic E-state index is 0.365. The van der Waals surface area contributed by atoms with E-state index in [9.17, 15) is 0 Å². The second-order valence-electron chi connectivity index (χ2n) is 9.72. The Balaban J connectivity index is 2.04. The minimum Gasteiger partial charge on any atom is -0.381 e. The molecule has 1 rings (SSSR count). The Bertz CT molecular complexity index is 454. The van der Waals surface area contributed by atoms with Crippen molar-refractivity contribution in [2.45, 2.75) is 99.5 Å². The third-order valence-electron chi connectivity index (χ3n) is 4.37. The molecule has 0 N–H and O–H groups in total. The molecular weight excluding hydrogens is 310 g/mol. The molecule has 0 unspecified atom stereocenters. The van der Waals surface area contributed by atoms with Gasteiger partial charge in [-0.25, -0.2) is 0 Å². The highest BCUT2D eigenvalue weighted by molar-refractivity contribution is 4.92. The van der Waals surface area contributed by atoms with Gasteiger partial charge in [0.25, 0.3) is 0 Å². The van der Waals surface area contributed by atoms with E-state index < -0.39 is 0 Å². The molecule has 0 saturated heterocycles. The van der Waals surface area contributed by atoms with Gasteiger partial charge in [0.2, 0.25) is 0 Å². The van der Waals surface area contributed by atoms with Crippen LogP contribution in [0.25, 0.3) is 0 Å². The Labute approximate surface area is 155 Å². The average molecular weight is 352 g/mol. The monoisotopic (exact) mass is 351 g/mol. The molecule has 0 aliphatic carbocycles. The number of ether oxygens (including phenoxy) is 1. The Morgan fingerprint density at radius 2 is 1.56 bits per heavy atom. The molecule has 1 aromatic heterocycles. The van der Waals surface area contributed by atoms with E-state index in [4.69, 9.17) is 4.74 Å². The van der Waals surface area contributed by atoms with Crippen LogP contribution in [-0.2, 0) is 17.7 Å². The number of aromatic nitrogens is 3. The average Bonchev–Trinajstić information content (AvgIpc) is 2.91. The summed E-state index contributed by atoms with van der Waals surface area (Å²) in [5, 5.41) is 8.55. The second-order valence-corrected chi connectivity index (χ2v) is 9.72. The zero-order valence-corrected chi connectivity index (χ0v) is 17.6. The van der Waals surface area contributed by atoms with Crippen LogP contribution in [0.4, 0.5) is 0 Å². The lowest BCUT2D eigenvalue weighted by atomic mass is 9.89. The third kappa shape index (κ3) is 13.0. The van der Waals surface area contributed by atoms with Crippen LogP contribution in [-0.4, -0.2) is 28.2 Å². The van der Waals surface area contributed by atoms with Gasteiger partial charge in [-0.15, -0.1) is 5.10 Å². The first-order valence-electron chi connectivity index (χ1n) is 10.1. The molecule has 146 valence electrons. The molecule has 0 aliphatic rings. The van der Waals surface area contributed by atoms with E-state index in [1.165, 1.54) is 25.7 Å². The van der Waals surface area contributed by atoms with Crippen LogP contribution >= 0.6 is 0 Å². The number of hydrogen-bond donors (Lipinski definition) is 0. The van der Waals surface area contributed by atoms with Crippen LogP contribution in [0.2, 0.25) is 0 Å². The highest BCUT2D eigenvalue weighted by Crippen LogP contribution is 2.22. The van der Waals surface area contributed by atoms with Gasteiger partial charge in [-0.05, 0) is 49.4 Å². The molecule has 4 heteroatoms. The molecule has 0 spiro atoms. The zero-order chi connectivity index (χ0) is 18.8.